The highest BCUT2D eigenvalue weighted by Crippen LogP contribution is 2.25. The Morgan fingerprint density at radius 1 is 0.943 bits per heavy atom. The van der Waals surface area contributed by atoms with Crippen LogP contribution in [0.3, 0.4) is 0 Å². The van der Waals surface area contributed by atoms with Crippen LogP contribution in [0, 0.1) is 10.1 Å². The van der Waals surface area contributed by atoms with Gasteiger partial charge in [-0.1, -0.05) is 12.1 Å². The van der Waals surface area contributed by atoms with E-state index >= 15 is 0 Å². The number of rotatable bonds is 7. The number of hydrogen-bond donors (Lipinski definition) is 1. The van der Waals surface area contributed by atoms with Crippen molar-refractivity contribution < 1.29 is 18.8 Å². The molecule has 0 atom stereocenters. The fraction of sp³-hybridized carbons (Fsp3) is 0.364. The zero-order valence-electron chi connectivity index (χ0n) is 18.9. The molecule has 2 aromatic heterocycles. The molecule has 1 aromatic carbocycles. The minimum Gasteiger partial charge on any atom is -0.455 e. The molecule has 2 aliphatic rings. The number of morpholine rings is 2. The van der Waals surface area contributed by atoms with Gasteiger partial charge >= 0.3 is 0 Å². The summed E-state index contributed by atoms with van der Waals surface area (Å²) in [5.74, 6) is 2.40. The number of hydrogen-bond acceptors (Lipinski definition) is 12. The monoisotopic (exact) mass is 480 g/mol. The van der Waals surface area contributed by atoms with Gasteiger partial charge in [-0.15, -0.1) is 0 Å². The largest absolute Gasteiger partial charge is 0.455 e. The highest BCUT2D eigenvalue weighted by molar-refractivity contribution is 5.78. The maximum absolute atomic E-state index is 11.0. The number of anilines is 3. The second-order valence-electron chi connectivity index (χ2n) is 7.84. The summed E-state index contributed by atoms with van der Waals surface area (Å²) in [6.45, 7) is 5.25. The third-order valence-corrected chi connectivity index (χ3v) is 5.52. The number of hydrazone groups is 1. The first-order chi connectivity index (χ1) is 17.2. The van der Waals surface area contributed by atoms with Gasteiger partial charge < -0.3 is 23.7 Å². The first-order valence-corrected chi connectivity index (χ1v) is 11.2. The van der Waals surface area contributed by atoms with Gasteiger partial charge in [0.05, 0.1) is 37.6 Å². The quantitative estimate of drug-likeness (QED) is 0.302. The second kappa shape index (κ2) is 10.4. The molecular weight excluding hydrogens is 456 g/mol. The topological polar surface area (TPSA) is 144 Å². The number of nitrogens with zero attached hydrogens (tertiary/aromatic N) is 7. The lowest BCUT2D eigenvalue weighted by Crippen LogP contribution is -2.40. The second-order valence-corrected chi connectivity index (χ2v) is 7.84. The molecule has 0 amide bonds. The molecule has 13 heteroatoms. The van der Waals surface area contributed by atoms with E-state index in [2.05, 4.69) is 35.3 Å². The summed E-state index contributed by atoms with van der Waals surface area (Å²) in [6.07, 6.45) is 1.49. The Hall–Kier alpha value is -4.10. The smallest absolute Gasteiger partial charge is 0.270 e. The molecule has 0 bridgehead atoms. The minimum absolute atomic E-state index is 0.00207. The Kier molecular flexibility index (Phi) is 6.77. The molecule has 3 aromatic rings. The van der Waals surface area contributed by atoms with Gasteiger partial charge in [-0.2, -0.15) is 20.1 Å². The Morgan fingerprint density at radius 3 is 2.23 bits per heavy atom. The number of furan rings is 1. The molecule has 0 spiro atoms. The van der Waals surface area contributed by atoms with E-state index in [1.807, 2.05) is 0 Å². The number of nitro groups is 1. The Morgan fingerprint density at radius 2 is 1.60 bits per heavy atom. The van der Waals surface area contributed by atoms with E-state index in [-0.39, 0.29) is 5.69 Å². The maximum atomic E-state index is 11.0. The van der Waals surface area contributed by atoms with Crippen molar-refractivity contribution in [2.75, 3.05) is 67.8 Å². The first kappa shape index (κ1) is 22.7. The average molecular weight is 480 g/mol. The van der Waals surface area contributed by atoms with Crippen molar-refractivity contribution in [1.29, 1.82) is 0 Å². The summed E-state index contributed by atoms with van der Waals surface area (Å²) in [6, 6.07) is 9.72. The summed E-state index contributed by atoms with van der Waals surface area (Å²) >= 11 is 0. The predicted octanol–water partition coefficient (Wildman–Crippen LogP) is 2.16. The predicted molar refractivity (Wildman–Crippen MR) is 128 cm³/mol. The van der Waals surface area contributed by atoms with Crippen LogP contribution >= 0.6 is 0 Å². The standard InChI is InChI=1S/C22H24N8O5/c31-30(32)17-3-1-2-16(14-17)19-5-4-18(35-19)15-23-27-20-24-21(28-6-10-33-11-7-28)26-22(25-20)29-8-12-34-13-9-29/h1-5,14-15H,6-13H2,(H,24,25,26,27)/b23-15-. The molecule has 1 N–H and O–H groups in total. The normalized spacial score (nSPS) is 16.6. The van der Waals surface area contributed by atoms with Crippen molar-refractivity contribution in [1.82, 2.24) is 15.0 Å². The van der Waals surface area contributed by atoms with Crippen LogP contribution in [0.1, 0.15) is 5.76 Å². The van der Waals surface area contributed by atoms with E-state index in [4.69, 9.17) is 13.9 Å². The van der Waals surface area contributed by atoms with E-state index in [9.17, 15) is 10.1 Å². The van der Waals surface area contributed by atoms with Crippen LogP contribution < -0.4 is 15.2 Å². The van der Waals surface area contributed by atoms with Crippen molar-refractivity contribution in [2.24, 2.45) is 5.10 Å². The van der Waals surface area contributed by atoms with Gasteiger partial charge in [-0.25, -0.2) is 5.43 Å². The van der Waals surface area contributed by atoms with Crippen molar-refractivity contribution in [2.45, 2.75) is 0 Å². The third-order valence-electron chi connectivity index (χ3n) is 5.52. The highest BCUT2D eigenvalue weighted by atomic mass is 16.6. The Labute approximate surface area is 200 Å². The lowest BCUT2D eigenvalue weighted by molar-refractivity contribution is -0.384. The van der Waals surface area contributed by atoms with E-state index in [1.165, 1.54) is 18.3 Å². The lowest BCUT2D eigenvalue weighted by Gasteiger charge is -2.30. The van der Waals surface area contributed by atoms with Gasteiger partial charge in [-0.05, 0) is 12.1 Å². The van der Waals surface area contributed by atoms with Crippen molar-refractivity contribution in [3.63, 3.8) is 0 Å². The van der Waals surface area contributed by atoms with Crippen molar-refractivity contribution >= 4 is 29.7 Å². The molecule has 13 nitrogen and oxygen atoms in total. The van der Waals surface area contributed by atoms with Crippen LogP contribution in [-0.2, 0) is 9.47 Å². The van der Waals surface area contributed by atoms with E-state index in [1.54, 1.807) is 24.3 Å². The van der Waals surface area contributed by atoms with Gasteiger partial charge in [0.2, 0.25) is 17.8 Å². The zero-order chi connectivity index (χ0) is 24.0. The van der Waals surface area contributed by atoms with E-state index < -0.39 is 4.92 Å². The molecule has 4 heterocycles. The van der Waals surface area contributed by atoms with Gasteiger partial charge in [0, 0.05) is 43.9 Å². The summed E-state index contributed by atoms with van der Waals surface area (Å²) in [4.78, 5) is 28.4. The molecule has 0 unspecified atom stereocenters. The Bertz CT molecular complexity index is 1170. The van der Waals surface area contributed by atoms with Gasteiger partial charge in [0.1, 0.15) is 11.5 Å². The number of aromatic nitrogens is 3. The van der Waals surface area contributed by atoms with Gasteiger partial charge in [-0.3, -0.25) is 10.1 Å². The van der Waals surface area contributed by atoms with E-state index in [0.29, 0.717) is 87.5 Å². The Balaban J connectivity index is 1.32. The molecule has 0 saturated carbocycles. The summed E-state index contributed by atoms with van der Waals surface area (Å²) in [5, 5.41) is 15.2. The number of non-ortho nitro benzene ring substituents is 1. The van der Waals surface area contributed by atoms with Crippen molar-refractivity contribution in [3.05, 3.63) is 52.3 Å². The van der Waals surface area contributed by atoms with Gasteiger partial charge in [0.15, 0.2) is 0 Å². The molecule has 35 heavy (non-hydrogen) atoms. The fourth-order valence-corrected chi connectivity index (χ4v) is 3.72. The number of benzene rings is 1. The maximum Gasteiger partial charge on any atom is 0.270 e. The summed E-state index contributed by atoms with van der Waals surface area (Å²) in [7, 11) is 0. The van der Waals surface area contributed by atoms with Crippen LogP contribution in [-0.4, -0.2) is 78.7 Å². The first-order valence-electron chi connectivity index (χ1n) is 11.2. The van der Waals surface area contributed by atoms with Crippen LogP contribution in [0.2, 0.25) is 0 Å². The SMILES string of the molecule is O=[N+]([O-])c1cccc(-c2ccc(/C=N\Nc3nc(N4CCOCC4)nc(N4CCOCC4)n3)o2)c1. The van der Waals surface area contributed by atoms with Gasteiger partial charge in [0.25, 0.3) is 5.69 Å². The third kappa shape index (κ3) is 5.53. The minimum atomic E-state index is -0.441. The molecule has 0 aliphatic carbocycles. The highest BCUT2D eigenvalue weighted by Gasteiger charge is 2.20. The van der Waals surface area contributed by atoms with Crippen LogP contribution in [0.15, 0.2) is 45.9 Å². The summed E-state index contributed by atoms with van der Waals surface area (Å²) in [5.41, 5.74) is 3.47. The molecule has 2 fully saturated rings. The van der Waals surface area contributed by atoms with Crippen LogP contribution in [0.25, 0.3) is 11.3 Å². The number of ether oxygens (including phenoxy) is 2. The number of nitro benzene ring substituents is 1. The lowest BCUT2D eigenvalue weighted by atomic mass is 10.1. The zero-order valence-corrected chi connectivity index (χ0v) is 18.9. The molecule has 2 saturated heterocycles. The van der Waals surface area contributed by atoms with Crippen LogP contribution in [0.5, 0.6) is 0 Å². The van der Waals surface area contributed by atoms with Crippen molar-refractivity contribution in [3.8, 4) is 11.3 Å². The van der Waals surface area contributed by atoms with E-state index in [0.717, 1.165) is 0 Å². The molecule has 2 aliphatic heterocycles. The average Bonchev–Trinajstić information content (AvgIpc) is 3.39. The summed E-state index contributed by atoms with van der Waals surface area (Å²) < 4.78 is 16.7. The molecule has 5 rings (SSSR count). The molecule has 0 radical (unpaired) electrons. The fourth-order valence-electron chi connectivity index (χ4n) is 3.72. The number of nitrogens with one attached hydrogen (secondary N) is 1. The molecule has 182 valence electrons. The molecular formula is C22H24N8O5. The van der Waals surface area contributed by atoms with Crippen LogP contribution in [0.4, 0.5) is 23.5 Å².